The van der Waals surface area contributed by atoms with Crippen molar-refractivity contribution in [3.05, 3.63) is 30.1 Å². The Morgan fingerprint density at radius 3 is 2.94 bits per heavy atom. The number of piperazine rings is 1. The summed E-state index contributed by atoms with van der Waals surface area (Å²) in [4.78, 5) is 18.4. The smallest absolute Gasteiger partial charge is 0.272 e. The van der Waals surface area contributed by atoms with E-state index in [1.54, 1.807) is 12.3 Å². The highest BCUT2D eigenvalue weighted by Gasteiger charge is 2.36. The van der Waals surface area contributed by atoms with Crippen LogP contribution in [0.25, 0.3) is 0 Å². The first-order valence-corrected chi connectivity index (χ1v) is 5.97. The van der Waals surface area contributed by atoms with Gasteiger partial charge in [-0.25, -0.2) is 0 Å². The van der Waals surface area contributed by atoms with E-state index in [9.17, 15) is 4.79 Å². The van der Waals surface area contributed by atoms with E-state index in [4.69, 9.17) is 0 Å². The van der Waals surface area contributed by atoms with Crippen molar-refractivity contribution in [3.63, 3.8) is 0 Å². The molecule has 0 spiro atoms. The molecule has 4 nitrogen and oxygen atoms in total. The molecule has 1 aliphatic rings. The number of hydrogen-bond donors (Lipinski definition) is 1. The Bertz CT molecular complexity index is 402. The first kappa shape index (κ1) is 12.0. The van der Waals surface area contributed by atoms with E-state index >= 15 is 0 Å². The maximum Gasteiger partial charge on any atom is 0.272 e. The van der Waals surface area contributed by atoms with Crippen molar-refractivity contribution in [2.24, 2.45) is 0 Å². The summed E-state index contributed by atoms with van der Waals surface area (Å²) in [6, 6.07) is 5.77. The molecule has 1 unspecified atom stereocenters. The van der Waals surface area contributed by atoms with Crippen LogP contribution in [0, 0.1) is 0 Å². The minimum atomic E-state index is -0.166. The maximum absolute atomic E-state index is 12.4. The van der Waals surface area contributed by atoms with Crippen LogP contribution in [0.4, 0.5) is 0 Å². The van der Waals surface area contributed by atoms with E-state index in [1.165, 1.54) is 0 Å². The molecule has 0 bridgehead atoms. The molecule has 1 amide bonds. The van der Waals surface area contributed by atoms with Gasteiger partial charge in [-0.15, -0.1) is 0 Å². The van der Waals surface area contributed by atoms with Crippen LogP contribution < -0.4 is 5.32 Å². The lowest BCUT2D eigenvalue weighted by atomic mass is 9.97. The number of aromatic nitrogens is 1. The fraction of sp³-hybridized carbons (Fsp3) is 0.538. The summed E-state index contributed by atoms with van der Waals surface area (Å²) in [6.07, 6.45) is 1.66. The highest BCUT2D eigenvalue weighted by atomic mass is 16.2. The number of carbonyl (C=O) groups is 1. The van der Waals surface area contributed by atoms with Crippen LogP contribution >= 0.6 is 0 Å². The number of carbonyl (C=O) groups excluding carboxylic acids is 1. The van der Waals surface area contributed by atoms with E-state index in [-0.39, 0.29) is 11.4 Å². The largest absolute Gasteiger partial charge is 0.329 e. The van der Waals surface area contributed by atoms with Crippen molar-refractivity contribution in [2.45, 2.75) is 32.4 Å². The predicted molar refractivity (Wildman–Crippen MR) is 66.8 cm³/mol. The van der Waals surface area contributed by atoms with Crippen LogP contribution in [0.15, 0.2) is 24.4 Å². The Kier molecular flexibility index (Phi) is 3.15. The Hall–Kier alpha value is -1.42. The molecule has 2 rings (SSSR count). The Labute approximate surface area is 102 Å². The first-order valence-electron chi connectivity index (χ1n) is 5.97. The third kappa shape index (κ3) is 2.47. The Balaban J connectivity index is 2.23. The fourth-order valence-electron chi connectivity index (χ4n) is 2.09. The second-order valence-electron chi connectivity index (χ2n) is 5.23. The van der Waals surface area contributed by atoms with Gasteiger partial charge in [0, 0.05) is 25.3 Å². The van der Waals surface area contributed by atoms with Gasteiger partial charge in [-0.05, 0) is 32.9 Å². The second kappa shape index (κ2) is 4.45. The summed E-state index contributed by atoms with van der Waals surface area (Å²) >= 11 is 0. The van der Waals surface area contributed by atoms with Crippen molar-refractivity contribution >= 4 is 5.91 Å². The number of nitrogens with one attached hydrogen (secondary N) is 1. The van der Waals surface area contributed by atoms with E-state index in [2.05, 4.69) is 31.1 Å². The first-order chi connectivity index (χ1) is 8.00. The van der Waals surface area contributed by atoms with E-state index in [0.717, 1.165) is 13.1 Å². The minimum absolute atomic E-state index is 0.0175. The number of pyridine rings is 1. The van der Waals surface area contributed by atoms with E-state index < -0.39 is 0 Å². The number of nitrogens with zero attached hydrogens (tertiary/aromatic N) is 2. The van der Waals surface area contributed by atoms with Crippen molar-refractivity contribution in [1.82, 2.24) is 15.2 Å². The normalized spacial score (nSPS) is 23.5. The fourth-order valence-corrected chi connectivity index (χ4v) is 2.09. The molecule has 92 valence electrons. The van der Waals surface area contributed by atoms with Crippen molar-refractivity contribution in [3.8, 4) is 0 Å². The molecular formula is C13H19N3O. The maximum atomic E-state index is 12.4. The summed E-state index contributed by atoms with van der Waals surface area (Å²) in [6.45, 7) is 7.78. The van der Waals surface area contributed by atoms with Gasteiger partial charge < -0.3 is 10.2 Å². The van der Waals surface area contributed by atoms with Crippen LogP contribution in [-0.2, 0) is 0 Å². The summed E-state index contributed by atoms with van der Waals surface area (Å²) < 4.78 is 0. The number of amides is 1. The number of hydrogen-bond acceptors (Lipinski definition) is 3. The molecule has 0 radical (unpaired) electrons. The number of rotatable bonds is 1. The molecule has 4 heteroatoms. The molecule has 1 aromatic heterocycles. The zero-order valence-corrected chi connectivity index (χ0v) is 10.6. The molecule has 1 fully saturated rings. The van der Waals surface area contributed by atoms with Gasteiger partial charge >= 0.3 is 0 Å². The van der Waals surface area contributed by atoms with Crippen LogP contribution in [0.1, 0.15) is 31.3 Å². The Morgan fingerprint density at radius 2 is 2.29 bits per heavy atom. The minimum Gasteiger partial charge on any atom is -0.329 e. The van der Waals surface area contributed by atoms with Crippen LogP contribution in [0.3, 0.4) is 0 Å². The molecule has 17 heavy (non-hydrogen) atoms. The molecule has 1 atom stereocenters. The van der Waals surface area contributed by atoms with Gasteiger partial charge in [-0.2, -0.15) is 0 Å². The second-order valence-corrected chi connectivity index (χ2v) is 5.23. The quantitative estimate of drug-likeness (QED) is 0.795. The monoisotopic (exact) mass is 233 g/mol. The van der Waals surface area contributed by atoms with Gasteiger partial charge in [-0.1, -0.05) is 6.07 Å². The molecule has 1 saturated heterocycles. The van der Waals surface area contributed by atoms with Gasteiger partial charge in [0.1, 0.15) is 5.69 Å². The summed E-state index contributed by atoms with van der Waals surface area (Å²) in [5.74, 6) is 0.0175. The van der Waals surface area contributed by atoms with E-state index in [1.807, 2.05) is 17.0 Å². The lowest BCUT2D eigenvalue weighted by Crippen LogP contribution is -2.62. The lowest BCUT2D eigenvalue weighted by molar-refractivity contribution is 0.0405. The average Bonchev–Trinajstić information content (AvgIpc) is 2.33. The zero-order valence-electron chi connectivity index (χ0n) is 10.6. The SMILES string of the molecule is CC1CN(C(=O)c2ccccn2)C(C)(C)CN1. The standard InChI is InChI=1S/C13H19N3O/c1-10-8-16(13(2,3)9-15-10)12(17)11-6-4-5-7-14-11/h4-7,10,15H,8-9H2,1-3H3. The lowest BCUT2D eigenvalue weighted by Gasteiger charge is -2.45. The van der Waals surface area contributed by atoms with Crippen molar-refractivity contribution in [2.75, 3.05) is 13.1 Å². The van der Waals surface area contributed by atoms with Gasteiger partial charge in [0.05, 0.1) is 5.54 Å². The third-order valence-corrected chi connectivity index (χ3v) is 3.20. The van der Waals surface area contributed by atoms with Gasteiger partial charge in [-0.3, -0.25) is 9.78 Å². The highest BCUT2D eigenvalue weighted by Crippen LogP contribution is 2.20. The van der Waals surface area contributed by atoms with Gasteiger partial charge in [0.2, 0.25) is 0 Å². The Morgan fingerprint density at radius 1 is 1.53 bits per heavy atom. The molecule has 2 heterocycles. The van der Waals surface area contributed by atoms with Crippen LogP contribution in [-0.4, -0.2) is 40.5 Å². The van der Waals surface area contributed by atoms with Gasteiger partial charge in [0.25, 0.3) is 5.91 Å². The van der Waals surface area contributed by atoms with Gasteiger partial charge in [0.15, 0.2) is 0 Å². The third-order valence-electron chi connectivity index (χ3n) is 3.20. The highest BCUT2D eigenvalue weighted by molar-refractivity contribution is 5.92. The average molecular weight is 233 g/mol. The van der Waals surface area contributed by atoms with Crippen molar-refractivity contribution in [1.29, 1.82) is 0 Å². The molecule has 1 aromatic rings. The summed E-state index contributed by atoms with van der Waals surface area (Å²) in [7, 11) is 0. The summed E-state index contributed by atoms with van der Waals surface area (Å²) in [5, 5.41) is 3.39. The molecule has 0 aliphatic carbocycles. The molecule has 1 aliphatic heterocycles. The predicted octanol–water partition coefficient (Wildman–Crippen LogP) is 1.29. The summed E-state index contributed by atoms with van der Waals surface area (Å²) in [5.41, 5.74) is 0.357. The molecule has 1 N–H and O–H groups in total. The molecular weight excluding hydrogens is 214 g/mol. The van der Waals surface area contributed by atoms with Crippen LogP contribution in [0.2, 0.25) is 0 Å². The van der Waals surface area contributed by atoms with Crippen molar-refractivity contribution < 1.29 is 4.79 Å². The van der Waals surface area contributed by atoms with E-state index in [0.29, 0.717) is 11.7 Å². The molecule has 0 saturated carbocycles. The topological polar surface area (TPSA) is 45.2 Å². The zero-order chi connectivity index (χ0) is 12.5. The van der Waals surface area contributed by atoms with Crippen LogP contribution in [0.5, 0.6) is 0 Å². The molecule has 0 aromatic carbocycles.